The van der Waals surface area contributed by atoms with Gasteiger partial charge in [-0.25, -0.2) is 4.39 Å². The van der Waals surface area contributed by atoms with Crippen LogP contribution >= 0.6 is 0 Å². The molecule has 0 bridgehead atoms. The molecule has 0 atom stereocenters. The second kappa shape index (κ2) is 8.67. The smallest absolute Gasteiger partial charge is 0.309 e. The van der Waals surface area contributed by atoms with Crippen molar-refractivity contribution in [3.63, 3.8) is 0 Å². The summed E-state index contributed by atoms with van der Waals surface area (Å²) in [5.41, 5.74) is 0.439. The lowest BCUT2D eigenvalue weighted by Gasteiger charge is -2.11. The summed E-state index contributed by atoms with van der Waals surface area (Å²) < 4.78 is 87.3. The standard InChI is InChI=1S/C25H21F4N3O2S/c26-21-14-18(12-13-20(21)25(27,28)29)16-32-23-9-5-4-8-22(23)31(15-17-10-11-17)24(32)30-35(33,34)19-6-2-1-3-7-19/h1-9,12-14,17H,10-11,15-16H2. The van der Waals surface area contributed by atoms with Gasteiger partial charge >= 0.3 is 6.18 Å². The summed E-state index contributed by atoms with van der Waals surface area (Å²) in [6.45, 7) is 0.494. The number of aromatic nitrogens is 2. The van der Waals surface area contributed by atoms with Crippen molar-refractivity contribution in [2.75, 3.05) is 0 Å². The summed E-state index contributed by atoms with van der Waals surface area (Å²) in [5, 5.41) is 0. The molecule has 35 heavy (non-hydrogen) atoms. The van der Waals surface area contributed by atoms with E-state index in [2.05, 4.69) is 4.40 Å². The molecule has 182 valence electrons. The summed E-state index contributed by atoms with van der Waals surface area (Å²) in [6, 6.07) is 17.7. The molecule has 1 saturated carbocycles. The van der Waals surface area contributed by atoms with Crippen LogP contribution < -0.4 is 5.62 Å². The molecular weight excluding hydrogens is 482 g/mol. The normalized spacial score (nSPS) is 15.1. The molecule has 1 aliphatic rings. The van der Waals surface area contributed by atoms with Gasteiger partial charge in [0, 0.05) is 6.54 Å². The minimum absolute atomic E-state index is 0.0235. The molecule has 0 amide bonds. The van der Waals surface area contributed by atoms with E-state index in [1.165, 1.54) is 18.2 Å². The Hall–Kier alpha value is -3.40. The molecule has 0 unspecified atom stereocenters. The fourth-order valence-corrected chi connectivity index (χ4v) is 5.12. The maximum absolute atomic E-state index is 14.3. The van der Waals surface area contributed by atoms with E-state index >= 15 is 0 Å². The van der Waals surface area contributed by atoms with E-state index in [4.69, 9.17) is 0 Å². The highest BCUT2D eigenvalue weighted by molar-refractivity contribution is 7.90. The number of sulfonamides is 1. The zero-order valence-electron chi connectivity index (χ0n) is 18.4. The second-order valence-corrected chi connectivity index (χ2v) is 10.2. The van der Waals surface area contributed by atoms with Crippen LogP contribution in [-0.4, -0.2) is 17.6 Å². The van der Waals surface area contributed by atoms with Gasteiger partial charge in [-0.15, -0.1) is 4.40 Å². The highest BCUT2D eigenvalue weighted by Crippen LogP contribution is 2.33. The SMILES string of the molecule is O=S(=O)(N=c1n(Cc2ccc(C(F)(F)F)c(F)c2)c2ccccc2n1CC1CC1)c1ccccc1. The topological polar surface area (TPSA) is 56.4 Å². The minimum Gasteiger partial charge on any atom is -0.309 e. The number of fused-ring (bicyclic) bond motifs is 1. The lowest BCUT2D eigenvalue weighted by Crippen LogP contribution is -2.29. The molecule has 3 aromatic carbocycles. The van der Waals surface area contributed by atoms with Gasteiger partial charge in [-0.05, 0) is 60.7 Å². The zero-order chi connectivity index (χ0) is 24.8. The molecule has 0 radical (unpaired) electrons. The molecule has 1 fully saturated rings. The van der Waals surface area contributed by atoms with E-state index in [9.17, 15) is 26.0 Å². The van der Waals surface area contributed by atoms with Crippen LogP contribution in [-0.2, 0) is 29.3 Å². The Bertz CT molecular complexity index is 1570. The largest absolute Gasteiger partial charge is 0.419 e. The highest BCUT2D eigenvalue weighted by Gasteiger charge is 2.34. The number of para-hydroxylation sites is 2. The maximum Gasteiger partial charge on any atom is 0.419 e. The van der Waals surface area contributed by atoms with Crippen molar-refractivity contribution in [2.24, 2.45) is 10.3 Å². The van der Waals surface area contributed by atoms with Gasteiger partial charge in [0.05, 0.1) is 28.0 Å². The molecule has 0 aliphatic heterocycles. The first-order valence-corrected chi connectivity index (χ1v) is 12.5. The predicted molar refractivity (Wildman–Crippen MR) is 122 cm³/mol. The van der Waals surface area contributed by atoms with Crippen LogP contribution in [0.5, 0.6) is 0 Å². The van der Waals surface area contributed by atoms with Crippen molar-refractivity contribution in [1.29, 1.82) is 0 Å². The predicted octanol–water partition coefficient (Wildman–Crippen LogP) is 5.35. The molecule has 4 aromatic rings. The Morgan fingerprint density at radius 3 is 2.11 bits per heavy atom. The van der Waals surface area contributed by atoms with Crippen LogP contribution in [0.3, 0.4) is 0 Å². The quantitative estimate of drug-likeness (QED) is 0.333. The van der Waals surface area contributed by atoms with E-state index in [0.29, 0.717) is 24.0 Å². The lowest BCUT2D eigenvalue weighted by atomic mass is 10.1. The van der Waals surface area contributed by atoms with E-state index < -0.39 is 27.6 Å². The number of imidazole rings is 1. The first kappa shape index (κ1) is 23.3. The maximum atomic E-state index is 14.3. The summed E-state index contributed by atoms with van der Waals surface area (Å²) in [5.74, 6) is -0.996. The van der Waals surface area contributed by atoms with Crippen molar-refractivity contribution < 1.29 is 26.0 Å². The number of nitrogens with zero attached hydrogens (tertiary/aromatic N) is 3. The Labute approximate surface area is 199 Å². The minimum atomic E-state index is -4.81. The van der Waals surface area contributed by atoms with E-state index in [-0.39, 0.29) is 22.6 Å². The Balaban J connectivity index is 1.71. The van der Waals surface area contributed by atoms with Gasteiger partial charge in [-0.1, -0.05) is 36.4 Å². The highest BCUT2D eigenvalue weighted by atomic mass is 32.2. The summed E-state index contributed by atoms with van der Waals surface area (Å²) >= 11 is 0. The fourth-order valence-electron chi connectivity index (χ4n) is 4.10. The first-order chi connectivity index (χ1) is 16.6. The molecule has 1 aromatic heterocycles. The van der Waals surface area contributed by atoms with Crippen molar-refractivity contribution >= 4 is 21.1 Å². The molecule has 5 rings (SSSR count). The molecule has 5 nitrogen and oxygen atoms in total. The molecule has 0 N–H and O–H groups in total. The molecule has 0 saturated heterocycles. The van der Waals surface area contributed by atoms with Crippen LogP contribution in [0.4, 0.5) is 17.6 Å². The van der Waals surface area contributed by atoms with E-state index in [1.54, 1.807) is 34.9 Å². The monoisotopic (exact) mass is 503 g/mol. The van der Waals surface area contributed by atoms with Crippen LogP contribution in [0.2, 0.25) is 0 Å². The zero-order valence-corrected chi connectivity index (χ0v) is 19.2. The third-order valence-electron chi connectivity index (χ3n) is 6.01. The van der Waals surface area contributed by atoms with E-state index in [0.717, 1.165) is 24.4 Å². The van der Waals surface area contributed by atoms with Gasteiger partial charge in [0.1, 0.15) is 5.82 Å². The van der Waals surface area contributed by atoms with Gasteiger partial charge in [0.25, 0.3) is 10.0 Å². The number of alkyl halides is 3. The third kappa shape index (κ3) is 4.75. The Morgan fingerprint density at radius 1 is 0.886 bits per heavy atom. The number of hydrogen-bond donors (Lipinski definition) is 0. The summed E-state index contributed by atoms with van der Waals surface area (Å²) in [7, 11) is -4.09. The third-order valence-corrected chi connectivity index (χ3v) is 7.28. The molecule has 1 aliphatic carbocycles. The van der Waals surface area contributed by atoms with Crippen molar-refractivity contribution in [3.05, 3.63) is 95.4 Å². The van der Waals surface area contributed by atoms with Crippen molar-refractivity contribution in [3.8, 4) is 0 Å². The van der Waals surface area contributed by atoms with Crippen molar-refractivity contribution in [1.82, 2.24) is 9.13 Å². The van der Waals surface area contributed by atoms with Gasteiger partial charge < -0.3 is 9.13 Å². The second-order valence-electron chi connectivity index (χ2n) is 8.62. The van der Waals surface area contributed by atoms with Crippen LogP contribution in [0.25, 0.3) is 11.0 Å². The number of benzene rings is 3. The van der Waals surface area contributed by atoms with Gasteiger partial charge in [-0.3, -0.25) is 0 Å². The molecular formula is C25H21F4N3O2S. The van der Waals surface area contributed by atoms with Gasteiger partial charge in [0.2, 0.25) is 5.62 Å². The van der Waals surface area contributed by atoms with E-state index in [1.807, 2.05) is 16.7 Å². The van der Waals surface area contributed by atoms with Crippen LogP contribution in [0, 0.1) is 11.7 Å². The molecule has 0 spiro atoms. The molecule has 10 heteroatoms. The first-order valence-electron chi connectivity index (χ1n) is 11.0. The van der Waals surface area contributed by atoms with Gasteiger partial charge in [-0.2, -0.15) is 21.6 Å². The molecule has 1 heterocycles. The number of rotatable bonds is 6. The number of hydrogen-bond acceptors (Lipinski definition) is 2. The average molecular weight is 504 g/mol. The Kier molecular flexibility index (Phi) is 5.79. The van der Waals surface area contributed by atoms with Crippen LogP contribution in [0.1, 0.15) is 24.0 Å². The van der Waals surface area contributed by atoms with Crippen LogP contribution in [0.15, 0.2) is 82.1 Å². The average Bonchev–Trinajstić information content (AvgIpc) is 3.60. The number of halogens is 4. The Morgan fingerprint density at radius 2 is 1.51 bits per heavy atom. The summed E-state index contributed by atoms with van der Waals surface area (Å²) in [4.78, 5) is 0.0235. The van der Waals surface area contributed by atoms with Gasteiger partial charge in [0.15, 0.2) is 0 Å². The fraction of sp³-hybridized carbons (Fsp3) is 0.240. The van der Waals surface area contributed by atoms with Crippen molar-refractivity contribution in [2.45, 2.75) is 37.0 Å². The lowest BCUT2D eigenvalue weighted by molar-refractivity contribution is -0.140. The summed E-state index contributed by atoms with van der Waals surface area (Å²) in [6.07, 6.45) is -2.77.